The van der Waals surface area contributed by atoms with Crippen molar-refractivity contribution in [2.75, 3.05) is 24.2 Å². The zero-order valence-electron chi connectivity index (χ0n) is 13.4. The van der Waals surface area contributed by atoms with E-state index >= 15 is 0 Å². The highest BCUT2D eigenvalue weighted by Gasteiger charge is 2.27. The highest BCUT2D eigenvalue weighted by Crippen LogP contribution is 2.38. The number of aromatic nitrogens is 2. The second-order valence-corrected chi connectivity index (χ2v) is 6.86. The predicted octanol–water partition coefficient (Wildman–Crippen LogP) is 4.02. The number of rotatable bonds is 6. The third-order valence-corrected chi connectivity index (χ3v) is 4.94. The molecular formula is C17H28N4. The van der Waals surface area contributed by atoms with Crippen LogP contribution in [0.1, 0.15) is 63.6 Å². The first-order valence-electron chi connectivity index (χ1n) is 8.55. The molecule has 1 aromatic rings. The van der Waals surface area contributed by atoms with Gasteiger partial charge >= 0.3 is 0 Å². The molecule has 2 N–H and O–H groups in total. The summed E-state index contributed by atoms with van der Waals surface area (Å²) in [5, 5.41) is 6.65. The van der Waals surface area contributed by atoms with Gasteiger partial charge in [-0.25, -0.2) is 9.97 Å². The summed E-state index contributed by atoms with van der Waals surface area (Å²) < 4.78 is 0. The summed E-state index contributed by atoms with van der Waals surface area (Å²) in [6.07, 6.45) is 9.38. The summed E-state index contributed by atoms with van der Waals surface area (Å²) in [5.74, 6) is 5.37. The van der Waals surface area contributed by atoms with Crippen LogP contribution in [-0.4, -0.2) is 23.6 Å². The average Bonchev–Trinajstić information content (AvgIpc) is 3.34. The number of hydrogen-bond donors (Lipinski definition) is 2. The van der Waals surface area contributed by atoms with Crippen molar-refractivity contribution in [3.8, 4) is 0 Å². The molecule has 21 heavy (non-hydrogen) atoms. The van der Waals surface area contributed by atoms with Gasteiger partial charge in [-0.2, -0.15) is 0 Å². The molecule has 4 heteroatoms. The van der Waals surface area contributed by atoms with Crippen molar-refractivity contribution in [1.82, 2.24) is 9.97 Å². The largest absolute Gasteiger partial charge is 0.373 e. The first-order chi connectivity index (χ1) is 10.2. The normalized spacial score (nSPS) is 25.6. The van der Waals surface area contributed by atoms with E-state index in [-0.39, 0.29) is 0 Å². The van der Waals surface area contributed by atoms with Gasteiger partial charge in [0.15, 0.2) is 0 Å². The highest BCUT2D eigenvalue weighted by atomic mass is 15.1. The van der Waals surface area contributed by atoms with Gasteiger partial charge in [0.2, 0.25) is 0 Å². The van der Waals surface area contributed by atoms with E-state index in [9.17, 15) is 0 Å². The third-order valence-electron chi connectivity index (χ3n) is 4.94. The van der Waals surface area contributed by atoms with Gasteiger partial charge in [-0.05, 0) is 31.1 Å². The second-order valence-electron chi connectivity index (χ2n) is 6.86. The molecule has 0 amide bonds. The maximum atomic E-state index is 4.68. The molecule has 0 radical (unpaired) electrons. The Kier molecular flexibility index (Phi) is 4.61. The smallest absolute Gasteiger partial charge is 0.136 e. The van der Waals surface area contributed by atoms with Crippen LogP contribution < -0.4 is 10.6 Å². The number of hydrogen-bond acceptors (Lipinski definition) is 4. The minimum Gasteiger partial charge on any atom is -0.373 e. The minimum absolute atomic E-state index is 0.596. The molecule has 2 fully saturated rings. The fraction of sp³-hybridized carbons (Fsp3) is 0.765. The lowest BCUT2D eigenvalue weighted by Crippen LogP contribution is -2.16. The lowest BCUT2D eigenvalue weighted by atomic mass is 9.81. The Hall–Kier alpha value is -1.32. The van der Waals surface area contributed by atoms with Crippen LogP contribution in [0.4, 0.5) is 11.6 Å². The van der Waals surface area contributed by atoms with E-state index in [1.54, 1.807) is 0 Å². The zero-order chi connectivity index (χ0) is 14.7. The molecule has 4 nitrogen and oxygen atoms in total. The van der Waals surface area contributed by atoms with Crippen LogP contribution >= 0.6 is 0 Å². The summed E-state index contributed by atoms with van der Waals surface area (Å²) >= 11 is 0. The van der Waals surface area contributed by atoms with Gasteiger partial charge in [-0.15, -0.1) is 0 Å². The molecule has 1 aromatic heterocycles. The fourth-order valence-electron chi connectivity index (χ4n) is 3.23. The summed E-state index contributed by atoms with van der Waals surface area (Å²) in [7, 11) is 1.92. The Morgan fingerprint density at radius 3 is 2.43 bits per heavy atom. The summed E-state index contributed by atoms with van der Waals surface area (Å²) in [6, 6.07) is 2.02. The molecule has 0 spiro atoms. The molecule has 0 aliphatic heterocycles. The average molecular weight is 288 g/mol. The number of nitrogens with zero attached hydrogens (tertiary/aromatic N) is 2. The molecule has 2 aliphatic carbocycles. The van der Waals surface area contributed by atoms with Crippen LogP contribution in [0, 0.1) is 11.8 Å². The second kappa shape index (κ2) is 6.63. The lowest BCUT2D eigenvalue weighted by molar-refractivity contribution is 0.282. The number of anilines is 2. The van der Waals surface area contributed by atoms with Crippen LogP contribution in [0.3, 0.4) is 0 Å². The Bertz CT molecular complexity index is 462. The van der Waals surface area contributed by atoms with Gasteiger partial charge in [-0.1, -0.05) is 32.6 Å². The van der Waals surface area contributed by atoms with Crippen molar-refractivity contribution in [1.29, 1.82) is 0 Å². The Labute approximate surface area is 128 Å². The molecule has 2 saturated carbocycles. The monoisotopic (exact) mass is 288 g/mol. The topological polar surface area (TPSA) is 49.8 Å². The van der Waals surface area contributed by atoms with Gasteiger partial charge in [0.25, 0.3) is 0 Å². The fourth-order valence-corrected chi connectivity index (χ4v) is 3.23. The summed E-state index contributed by atoms with van der Waals surface area (Å²) in [4.78, 5) is 9.23. The first kappa shape index (κ1) is 14.6. The van der Waals surface area contributed by atoms with Crippen LogP contribution in [0.5, 0.6) is 0 Å². The lowest BCUT2D eigenvalue weighted by Gasteiger charge is -2.26. The third kappa shape index (κ3) is 4.08. The van der Waals surface area contributed by atoms with E-state index in [1.807, 2.05) is 13.1 Å². The van der Waals surface area contributed by atoms with Gasteiger partial charge in [0.1, 0.15) is 17.5 Å². The zero-order valence-corrected chi connectivity index (χ0v) is 13.4. The van der Waals surface area contributed by atoms with Crippen molar-refractivity contribution >= 4 is 11.6 Å². The quantitative estimate of drug-likeness (QED) is 0.830. The molecule has 0 atom stereocenters. The maximum Gasteiger partial charge on any atom is 0.136 e. The van der Waals surface area contributed by atoms with Crippen molar-refractivity contribution in [3.05, 3.63) is 11.9 Å². The molecule has 3 rings (SSSR count). The van der Waals surface area contributed by atoms with Crippen molar-refractivity contribution < 1.29 is 0 Å². The van der Waals surface area contributed by atoms with Gasteiger partial charge in [-0.3, -0.25) is 0 Å². The van der Waals surface area contributed by atoms with E-state index < -0.39 is 0 Å². The van der Waals surface area contributed by atoms with E-state index in [1.165, 1.54) is 44.9 Å². The van der Waals surface area contributed by atoms with Crippen LogP contribution in [0.15, 0.2) is 6.07 Å². The molecule has 116 valence electrons. The number of nitrogens with one attached hydrogen (secondary N) is 2. The summed E-state index contributed by atoms with van der Waals surface area (Å²) in [5.41, 5.74) is 0. The van der Waals surface area contributed by atoms with Crippen molar-refractivity contribution in [2.45, 2.75) is 57.8 Å². The van der Waals surface area contributed by atoms with Gasteiger partial charge < -0.3 is 10.6 Å². The van der Waals surface area contributed by atoms with Crippen LogP contribution in [-0.2, 0) is 0 Å². The highest BCUT2D eigenvalue weighted by molar-refractivity contribution is 5.47. The molecular weight excluding hydrogens is 260 g/mol. The van der Waals surface area contributed by atoms with Gasteiger partial charge in [0.05, 0.1) is 0 Å². The van der Waals surface area contributed by atoms with E-state index in [2.05, 4.69) is 27.5 Å². The van der Waals surface area contributed by atoms with Crippen molar-refractivity contribution in [2.24, 2.45) is 11.8 Å². The van der Waals surface area contributed by atoms with Crippen LogP contribution in [0.25, 0.3) is 0 Å². The first-order valence-corrected chi connectivity index (χ1v) is 8.55. The molecule has 1 heterocycles. The predicted molar refractivity (Wildman–Crippen MR) is 87.8 cm³/mol. The van der Waals surface area contributed by atoms with Crippen LogP contribution in [0.2, 0.25) is 0 Å². The minimum atomic E-state index is 0.596. The Morgan fingerprint density at radius 1 is 1.05 bits per heavy atom. The van der Waals surface area contributed by atoms with E-state index in [0.29, 0.717) is 5.92 Å². The molecule has 0 unspecified atom stereocenters. The van der Waals surface area contributed by atoms with Crippen molar-refractivity contribution in [3.63, 3.8) is 0 Å². The molecule has 0 aromatic carbocycles. The van der Waals surface area contributed by atoms with E-state index in [0.717, 1.165) is 35.8 Å². The van der Waals surface area contributed by atoms with Gasteiger partial charge in [0, 0.05) is 25.6 Å². The molecule has 2 aliphatic rings. The van der Waals surface area contributed by atoms with E-state index in [4.69, 9.17) is 0 Å². The Balaban J connectivity index is 1.51. The Morgan fingerprint density at radius 2 is 1.76 bits per heavy atom. The standard InChI is InChI=1S/C17H28N4/c1-12-3-5-13(6-4-12)9-10-19-16-11-15(18-2)20-17(21-16)14-7-8-14/h11-14H,3-10H2,1-2H3,(H2,18,19,20,21). The molecule has 0 bridgehead atoms. The molecule has 0 saturated heterocycles. The summed E-state index contributed by atoms with van der Waals surface area (Å²) in [6.45, 7) is 3.41. The SMILES string of the molecule is CNc1cc(NCCC2CCC(C)CC2)nc(C2CC2)n1. The maximum absolute atomic E-state index is 4.68.